The van der Waals surface area contributed by atoms with Crippen molar-refractivity contribution in [2.24, 2.45) is 0 Å². The van der Waals surface area contributed by atoms with Crippen molar-refractivity contribution in [3.8, 4) is 0 Å². The van der Waals surface area contributed by atoms with Crippen molar-refractivity contribution < 1.29 is 9.15 Å². The number of benzene rings is 1. The van der Waals surface area contributed by atoms with Gasteiger partial charge >= 0.3 is 0 Å². The lowest BCUT2D eigenvalue weighted by Gasteiger charge is -2.23. The van der Waals surface area contributed by atoms with Gasteiger partial charge in [-0.25, -0.2) is 0 Å². The van der Waals surface area contributed by atoms with Gasteiger partial charge in [-0.15, -0.1) is 0 Å². The lowest BCUT2D eigenvalue weighted by atomic mass is 10.1. The van der Waals surface area contributed by atoms with Gasteiger partial charge in [0.1, 0.15) is 11.8 Å². The van der Waals surface area contributed by atoms with Crippen molar-refractivity contribution in [2.45, 2.75) is 6.10 Å². The zero-order chi connectivity index (χ0) is 11.0. The van der Waals surface area contributed by atoms with Crippen LogP contribution in [0.4, 0.5) is 0 Å². The number of para-hydroxylation sites is 1. The highest BCUT2D eigenvalue weighted by Gasteiger charge is 2.20. The first-order valence-corrected chi connectivity index (χ1v) is 6.13. The van der Waals surface area contributed by atoms with Crippen LogP contribution < -0.4 is 5.32 Å². The van der Waals surface area contributed by atoms with Crippen molar-refractivity contribution >= 4 is 26.9 Å². The van der Waals surface area contributed by atoms with E-state index in [4.69, 9.17) is 9.15 Å². The van der Waals surface area contributed by atoms with Crippen LogP contribution in [0, 0.1) is 0 Å². The van der Waals surface area contributed by atoms with Crippen LogP contribution in [0.25, 0.3) is 11.0 Å². The first-order valence-electron chi connectivity index (χ1n) is 5.34. The van der Waals surface area contributed by atoms with Crippen molar-refractivity contribution in [3.05, 3.63) is 34.5 Å². The molecule has 3 rings (SSSR count). The average Bonchev–Trinajstić information content (AvgIpc) is 2.73. The molecule has 1 aromatic heterocycles. The fourth-order valence-corrected chi connectivity index (χ4v) is 2.47. The molecule has 1 atom stereocenters. The molecular formula is C12H12BrNO2. The smallest absolute Gasteiger partial charge is 0.140 e. The molecule has 0 saturated carbocycles. The van der Waals surface area contributed by atoms with E-state index < -0.39 is 0 Å². The van der Waals surface area contributed by atoms with Crippen molar-refractivity contribution in [1.29, 1.82) is 0 Å². The Morgan fingerprint density at radius 3 is 3.12 bits per heavy atom. The van der Waals surface area contributed by atoms with Crippen LogP contribution >= 0.6 is 15.9 Å². The van der Waals surface area contributed by atoms with Gasteiger partial charge in [0, 0.05) is 24.0 Å². The minimum absolute atomic E-state index is 0.0931. The van der Waals surface area contributed by atoms with Crippen LogP contribution in [0.3, 0.4) is 0 Å². The van der Waals surface area contributed by atoms with E-state index >= 15 is 0 Å². The number of hydrogen-bond donors (Lipinski definition) is 1. The van der Waals surface area contributed by atoms with Crippen LogP contribution in [0.1, 0.15) is 11.7 Å². The Balaban J connectivity index is 2.08. The van der Waals surface area contributed by atoms with Crippen molar-refractivity contribution in [1.82, 2.24) is 5.32 Å². The molecule has 1 aliphatic heterocycles. The molecule has 1 saturated heterocycles. The molecule has 1 aromatic carbocycles. The highest BCUT2D eigenvalue weighted by molar-refractivity contribution is 9.10. The van der Waals surface area contributed by atoms with Gasteiger partial charge in [0.15, 0.2) is 0 Å². The zero-order valence-corrected chi connectivity index (χ0v) is 10.3. The van der Waals surface area contributed by atoms with Gasteiger partial charge in [0.2, 0.25) is 0 Å². The molecule has 16 heavy (non-hydrogen) atoms. The Labute approximate surface area is 102 Å². The SMILES string of the molecule is Brc1coc2c(C3CNCCO3)cccc12. The van der Waals surface area contributed by atoms with E-state index in [0.29, 0.717) is 0 Å². The number of hydrogen-bond acceptors (Lipinski definition) is 3. The van der Waals surface area contributed by atoms with E-state index in [1.807, 2.05) is 12.1 Å². The van der Waals surface area contributed by atoms with E-state index in [0.717, 1.165) is 40.7 Å². The highest BCUT2D eigenvalue weighted by atomic mass is 79.9. The molecule has 1 aliphatic rings. The van der Waals surface area contributed by atoms with Crippen LogP contribution in [0.2, 0.25) is 0 Å². The Hall–Kier alpha value is -0.840. The first kappa shape index (κ1) is 10.3. The van der Waals surface area contributed by atoms with Crippen LogP contribution in [0.15, 0.2) is 33.4 Å². The van der Waals surface area contributed by atoms with Gasteiger partial charge in [-0.1, -0.05) is 12.1 Å². The molecule has 0 amide bonds. The topological polar surface area (TPSA) is 34.4 Å². The third kappa shape index (κ3) is 1.67. The Kier molecular flexibility index (Phi) is 2.71. The van der Waals surface area contributed by atoms with Crippen LogP contribution in [-0.2, 0) is 4.74 Å². The normalized spacial score (nSPS) is 21.4. The Bertz CT molecular complexity index is 503. The largest absolute Gasteiger partial charge is 0.463 e. The standard InChI is InChI=1S/C12H12BrNO2/c13-10-7-16-12-8(10)2-1-3-9(12)11-6-14-4-5-15-11/h1-3,7,11,14H,4-6H2. The van der Waals surface area contributed by atoms with Crippen molar-refractivity contribution in [3.63, 3.8) is 0 Å². The second-order valence-electron chi connectivity index (χ2n) is 3.87. The summed E-state index contributed by atoms with van der Waals surface area (Å²) in [7, 11) is 0. The van der Waals surface area contributed by atoms with Gasteiger partial charge in [-0.05, 0) is 22.0 Å². The Morgan fingerprint density at radius 1 is 1.38 bits per heavy atom. The maximum atomic E-state index is 5.74. The number of furan rings is 1. The molecule has 1 N–H and O–H groups in total. The number of nitrogens with one attached hydrogen (secondary N) is 1. The minimum atomic E-state index is 0.0931. The molecule has 0 radical (unpaired) electrons. The molecule has 84 valence electrons. The summed E-state index contributed by atoms with van der Waals surface area (Å²) >= 11 is 3.47. The van der Waals surface area contributed by atoms with Gasteiger partial charge in [-0.2, -0.15) is 0 Å². The van der Waals surface area contributed by atoms with E-state index in [1.54, 1.807) is 6.26 Å². The minimum Gasteiger partial charge on any atom is -0.463 e. The summed E-state index contributed by atoms with van der Waals surface area (Å²) in [5, 5.41) is 4.43. The Morgan fingerprint density at radius 2 is 2.31 bits per heavy atom. The van der Waals surface area contributed by atoms with Gasteiger partial charge in [0.05, 0.1) is 17.2 Å². The number of fused-ring (bicyclic) bond motifs is 1. The average molecular weight is 282 g/mol. The van der Waals surface area contributed by atoms with E-state index in [-0.39, 0.29) is 6.10 Å². The van der Waals surface area contributed by atoms with E-state index in [9.17, 15) is 0 Å². The maximum absolute atomic E-state index is 5.74. The van der Waals surface area contributed by atoms with Gasteiger partial charge in [0.25, 0.3) is 0 Å². The molecular weight excluding hydrogens is 270 g/mol. The second kappa shape index (κ2) is 4.20. The molecule has 0 bridgehead atoms. The molecule has 2 aromatic rings. The van der Waals surface area contributed by atoms with E-state index in [1.165, 1.54) is 0 Å². The van der Waals surface area contributed by atoms with Crippen LogP contribution in [-0.4, -0.2) is 19.7 Å². The summed E-state index contributed by atoms with van der Waals surface area (Å²) in [4.78, 5) is 0. The lowest BCUT2D eigenvalue weighted by Crippen LogP contribution is -2.33. The molecule has 0 aliphatic carbocycles. The number of morpholine rings is 1. The number of halogens is 1. The predicted octanol–water partition coefficient (Wildman–Crippen LogP) is 2.86. The van der Waals surface area contributed by atoms with Crippen molar-refractivity contribution in [2.75, 3.05) is 19.7 Å². The van der Waals surface area contributed by atoms with Gasteiger partial charge < -0.3 is 14.5 Å². The molecule has 1 unspecified atom stereocenters. The highest BCUT2D eigenvalue weighted by Crippen LogP contribution is 2.32. The summed E-state index contributed by atoms with van der Waals surface area (Å²) in [6.07, 6.45) is 1.82. The fourth-order valence-electron chi connectivity index (χ4n) is 2.07. The zero-order valence-electron chi connectivity index (χ0n) is 8.70. The fraction of sp³-hybridized carbons (Fsp3) is 0.333. The summed E-state index contributed by atoms with van der Waals surface area (Å²) in [5.74, 6) is 0. The van der Waals surface area contributed by atoms with Crippen LogP contribution in [0.5, 0.6) is 0 Å². The third-order valence-electron chi connectivity index (χ3n) is 2.86. The second-order valence-corrected chi connectivity index (χ2v) is 4.73. The molecule has 4 heteroatoms. The summed E-state index contributed by atoms with van der Waals surface area (Å²) in [6, 6.07) is 6.15. The molecule has 3 nitrogen and oxygen atoms in total. The summed E-state index contributed by atoms with van der Waals surface area (Å²) < 4.78 is 12.3. The monoisotopic (exact) mass is 281 g/mol. The lowest BCUT2D eigenvalue weighted by molar-refractivity contribution is 0.0281. The predicted molar refractivity (Wildman–Crippen MR) is 65.5 cm³/mol. The molecule has 0 spiro atoms. The van der Waals surface area contributed by atoms with E-state index in [2.05, 4.69) is 27.3 Å². The first-order chi connectivity index (χ1) is 7.86. The number of rotatable bonds is 1. The molecule has 1 fully saturated rings. The van der Waals surface area contributed by atoms with Gasteiger partial charge in [-0.3, -0.25) is 0 Å². The summed E-state index contributed by atoms with van der Waals surface area (Å²) in [6.45, 7) is 2.52. The molecule has 2 heterocycles. The third-order valence-corrected chi connectivity index (χ3v) is 3.47. The number of ether oxygens (including phenoxy) is 1. The maximum Gasteiger partial charge on any atom is 0.140 e. The quantitative estimate of drug-likeness (QED) is 0.873. The summed E-state index contributed by atoms with van der Waals surface area (Å²) in [5.41, 5.74) is 2.04.